The number of alkyl halides is 4. The lowest BCUT2D eigenvalue weighted by atomic mass is 9.84. The zero-order valence-electron chi connectivity index (χ0n) is 13.4. The van der Waals surface area contributed by atoms with Gasteiger partial charge >= 0.3 is 0 Å². The Balaban J connectivity index is 1.92. The van der Waals surface area contributed by atoms with Crippen LogP contribution in [0, 0.1) is 25.7 Å². The molecule has 2 fully saturated rings. The number of aryl methyl sites for hydroxylation is 2. The van der Waals surface area contributed by atoms with E-state index in [2.05, 4.69) is 0 Å². The van der Waals surface area contributed by atoms with Crippen molar-refractivity contribution in [3.63, 3.8) is 0 Å². The monoisotopic (exact) mass is 471 g/mol. The molecule has 9 heteroatoms. The standard InChI is InChI=1S/C17H11Cl6NO2/c1-6-3-7(2)5-8(4-6)24-13(25)9-10(14(24)26)16(21)12(19)11(18)15(9,20)17(16,22)23/h3-5,9-10H,1-2H3/t9-,10-,15-,16-/m1/s1. The number of amides is 2. The zero-order chi connectivity index (χ0) is 19.4. The minimum Gasteiger partial charge on any atom is -0.274 e. The van der Waals surface area contributed by atoms with Crippen LogP contribution in [-0.4, -0.2) is 25.9 Å². The fraction of sp³-hybridized carbons (Fsp3) is 0.412. The summed E-state index contributed by atoms with van der Waals surface area (Å²) < 4.78 is -1.91. The zero-order valence-corrected chi connectivity index (χ0v) is 18.0. The third kappa shape index (κ3) is 1.86. The van der Waals surface area contributed by atoms with Gasteiger partial charge < -0.3 is 0 Å². The van der Waals surface area contributed by atoms with Crippen molar-refractivity contribution in [2.24, 2.45) is 11.8 Å². The van der Waals surface area contributed by atoms with Crippen molar-refractivity contribution >= 4 is 87.1 Å². The fourth-order valence-corrected chi connectivity index (χ4v) is 7.26. The summed E-state index contributed by atoms with van der Waals surface area (Å²) in [5.74, 6) is -3.31. The molecule has 1 aromatic carbocycles. The number of halogens is 6. The second-order valence-electron chi connectivity index (χ2n) is 6.94. The van der Waals surface area contributed by atoms with Crippen LogP contribution in [0.15, 0.2) is 28.3 Å². The number of allylic oxidation sites excluding steroid dienone is 2. The first-order valence-electron chi connectivity index (χ1n) is 7.68. The minimum atomic E-state index is -1.91. The van der Waals surface area contributed by atoms with E-state index >= 15 is 0 Å². The maximum atomic E-state index is 13.2. The Kier molecular flexibility index (Phi) is 4.03. The van der Waals surface area contributed by atoms with E-state index < -0.39 is 37.7 Å². The number of imide groups is 1. The molecule has 0 spiro atoms. The van der Waals surface area contributed by atoms with Crippen molar-refractivity contribution in [3.8, 4) is 0 Å². The Morgan fingerprint density at radius 1 is 0.808 bits per heavy atom. The van der Waals surface area contributed by atoms with E-state index in [4.69, 9.17) is 69.6 Å². The first-order chi connectivity index (χ1) is 11.9. The first-order valence-corrected chi connectivity index (χ1v) is 9.95. The highest BCUT2D eigenvalue weighted by molar-refractivity contribution is 6.67. The van der Waals surface area contributed by atoms with Crippen molar-refractivity contribution < 1.29 is 9.59 Å². The van der Waals surface area contributed by atoms with E-state index in [9.17, 15) is 9.59 Å². The largest absolute Gasteiger partial charge is 0.274 e. The number of hydrogen-bond acceptors (Lipinski definition) is 2. The number of carbonyl (C=O) groups is 2. The maximum absolute atomic E-state index is 13.2. The molecule has 3 aliphatic rings. The average Bonchev–Trinajstić information content (AvgIpc) is 2.91. The summed E-state index contributed by atoms with van der Waals surface area (Å²) >= 11 is 38.8. The van der Waals surface area contributed by atoms with Crippen LogP contribution in [-0.2, 0) is 9.59 Å². The second-order valence-corrected chi connectivity index (χ2v) is 10.2. The third-order valence-corrected chi connectivity index (χ3v) is 9.63. The summed E-state index contributed by atoms with van der Waals surface area (Å²) in [6.45, 7) is 3.74. The smallest absolute Gasteiger partial charge is 0.240 e. The molecule has 1 saturated carbocycles. The summed E-state index contributed by atoms with van der Waals surface area (Å²) in [7, 11) is 0. The topological polar surface area (TPSA) is 37.4 Å². The van der Waals surface area contributed by atoms with Crippen LogP contribution in [0.1, 0.15) is 11.1 Å². The van der Waals surface area contributed by atoms with Crippen molar-refractivity contribution in [2.75, 3.05) is 4.90 Å². The molecule has 1 heterocycles. The van der Waals surface area contributed by atoms with Gasteiger partial charge in [-0.25, -0.2) is 4.90 Å². The van der Waals surface area contributed by atoms with Gasteiger partial charge in [0.05, 0.1) is 27.6 Å². The first kappa shape index (κ1) is 19.2. The highest BCUT2D eigenvalue weighted by Gasteiger charge is 2.87. The Bertz CT molecular complexity index is 862. The number of nitrogens with zero attached hydrogens (tertiary/aromatic N) is 1. The van der Waals surface area contributed by atoms with Gasteiger partial charge in [0.15, 0.2) is 4.33 Å². The molecule has 2 bridgehead atoms. The molecule has 2 amide bonds. The summed E-state index contributed by atoms with van der Waals surface area (Å²) in [5.41, 5.74) is 2.24. The molecule has 26 heavy (non-hydrogen) atoms. The number of rotatable bonds is 1. The molecule has 0 N–H and O–H groups in total. The highest BCUT2D eigenvalue weighted by atomic mass is 35.5. The molecular weight excluding hydrogens is 463 g/mol. The van der Waals surface area contributed by atoms with Crippen molar-refractivity contribution in [3.05, 3.63) is 39.4 Å². The number of anilines is 1. The molecule has 0 unspecified atom stereocenters. The summed E-state index contributed by atoms with van der Waals surface area (Å²) in [4.78, 5) is 24.0. The van der Waals surface area contributed by atoms with Gasteiger partial charge in [0, 0.05) is 0 Å². The molecule has 1 aliphatic heterocycles. The van der Waals surface area contributed by atoms with Crippen LogP contribution >= 0.6 is 69.6 Å². The van der Waals surface area contributed by atoms with Gasteiger partial charge in [-0.2, -0.15) is 0 Å². The van der Waals surface area contributed by atoms with Crippen molar-refractivity contribution in [1.29, 1.82) is 0 Å². The Morgan fingerprint density at radius 2 is 1.19 bits per heavy atom. The van der Waals surface area contributed by atoms with Crippen LogP contribution < -0.4 is 4.90 Å². The predicted octanol–water partition coefficient (Wildman–Crippen LogP) is 5.25. The summed E-state index contributed by atoms with van der Waals surface area (Å²) in [5, 5.41) is -0.184. The summed E-state index contributed by atoms with van der Waals surface area (Å²) in [6, 6.07) is 5.40. The van der Waals surface area contributed by atoms with Gasteiger partial charge in [-0.3, -0.25) is 9.59 Å². The molecule has 4 atom stereocenters. The number of carbonyl (C=O) groups excluding carboxylic acids is 2. The van der Waals surface area contributed by atoms with E-state index in [-0.39, 0.29) is 10.1 Å². The van der Waals surface area contributed by atoms with Crippen LogP contribution in [0.5, 0.6) is 0 Å². The van der Waals surface area contributed by atoms with E-state index in [0.29, 0.717) is 5.69 Å². The van der Waals surface area contributed by atoms with Crippen molar-refractivity contribution in [2.45, 2.75) is 27.9 Å². The van der Waals surface area contributed by atoms with E-state index in [0.717, 1.165) is 16.0 Å². The SMILES string of the molecule is Cc1cc(C)cc(N2C(=O)[C@H]3[C@H](C2=O)[C@@]2(Cl)C(Cl)=C(Cl)[C@@]3(Cl)C2(Cl)Cl)c1. The van der Waals surface area contributed by atoms with Gasteiger partial charge in [-0.05, 0) is 37.1 Å². The van der Waals surface area contributed by atoms with E-state index in [1.165, 1.54) is 0 Å². The lowest BCUT2D eigenvalue weighted by Gasteiger charge is -2.34. The third-order valence-electron chi connectivity index (χ3n) is 5.37. The number of fused-ring (bicyclic) bond motifs is 5. The van der Waals surface area contributed by atoms with Crippen LogP contribution in [0.3, 0.4) is 0 Å². The molecule has 0 radical (unpaired) electrons. The van der Waals surface area contributed by atoms with Crippen molar-refractivity contribution in [1.82, 2.24) is 0 Å². The molecule has 1 aromatic rings. The van der Waals surface area contributed by atoms with Gasteiger partial charge in [0.25, 0.3) is 0 Å². The minimum absolute atomic E-state index is 0.0921. The molecule has 1 saturated heterocycles. The molecule has 138 valence electrons. The fourth-order valence-electron chi connectivity index (χ4n) is 4.33. The molecule has 3 nitrogen and oxygen atoms in total. The maximum Gasteiger partial charge on any atom is 0.240 e. The van der Waals surface area contributed by atoms with Gasteiger partial charge in [-0.1, -0.05) is 52.5 Å². The van der Waals surface area contributed by atoms with Crippen LogP contribution in [0.2, 0.25) is 0 Å². The highest BCUT2D eigenvalue weighted by Crippen LogP contribution is 2.77. The normalized spacial score (nSPS) is 37.8. The predicted molar refractivity (Wildman–Crippen MR) is 106 cm³/mol. The van der Waals surface area contributed by atoms with Gasteiger partial charge in [-0.15, -0.1) is 23.2 Å². The van der Waals surface area contributed by atoms with Crippen LogP contribution in [0.25, 0.3) is 0 Å². The number of benzene rings is 1. The second kappa shape index (κ2) is 5.46. The van der Waals surface area contributed by atoms with E-state index in [1.807, 2.05) is 19.9 Å². The lowest BCUT2D eigenvalue weighted by Crippen LogP contribution is -2.50. The summed E-state index contributed by atoms with van der Waals surface area (Å²) in [6.07, 6.45) is 0. The number of hydrogen-bond donors (Lipinski definition) is 0. The lowest BCUT2D eigenvalue weighted by molar-refractivity contribution is -0.123. The van der Waals surface area contributed by atoms with E-state index in [1.54, 1.807) is 12.1 Å². The Morgan fingerprint density at radius 3 is 1.58 bits per heavy atom. The molecule has 4 rings (SSSR count). The molecule has 0 aromatic heterocycles. The van der Waals surface area contributed by atoms with Gasteiger partial charge in [0.2, 0.25) is 11.8 Å². The Hall–Kier alpha value is -0.160. The quantitative estimate of drug-likeness (QED) is 0.412. The Labute approximate surface area is 180 Å². The van der Waals surface area contributed by atoms with Gasteiger partial charge in [0.1, 0.15) is 9.75 Å². The average molecular weight is 474 g/mol. The molecular formula is C17H11Cl6NO2. The van der Waals surface area contributed by atoms with Crippen LogP contribution in [0.4, 0.5) is 5.69 Å². The molecule has 2 aliphatic carbocycles.